The zero-order chi connectivity index (χ0) is 27.7. The van der Waals surface area contributed by atoms with Crippen LogP contribution in [-0.4, -0.2) is 38.0 Å². The van der Waals surface area contributed by atoms with E-state index in [4.69, 9.17) is 19.5 Å². The Morgan fingerprint density at radius 3 is 1.35 bits per heavy atom. The standard InChI is InChI=1S/C34H32N4O2/c1-31(2)23-11-7-9-13-25(23)37(5)33(31)19-35-29-21-16-18-28-30(22(21)15-17-27(29)39-33)36-20-34(40-28)32(3,4)24-12-8-10-14-26(24)38(34)6/h7-20H,1-6H3. The summed E-state index contributed by atoms with van der Waals surface area (Å²) < 4.78 is 13.8. The molecule has 0 fully saturated rings. The molecule has 40 heavy (non-hydrogen) atoms. The van der Waals surface area contributed by atoms with Crippen molar-refractivity contribution in [3.05, 3.63) is 83.9 Å². The second-order valence-electron chi connectivity index (χ2n) is 12.4. The number of aliphatic imine (C=N–C) groups is 2. The predicted molar refractivity (Wildman–Crippen MR) is 163 cm³/mol. The van der Waals surface area contributed by atoms with Crippen molar-refractivity contribution in [2.75, 3.05) is 23.9 Å². The van der Waals surface area contributed by atoms with Crippen LogP contribution in [0.3, 0.4) is 0 Å². The molecular formula is C34H32N4O2. The van der Waals surface area contributed by atoms with Gasteiger partial charge in [-0.3, -0.25) is 9.98 Å². The number of nitrogens with zero attached hydrogens (tertiary/aromatic N) is 4. The Hall–Kier alpha value is -4.32. The first-order chi connectivity index (χ1) is 19.1. The van der Waals surface area contributed by atoms with Gasteiger partial charge >= 0.3 is 0 Å². The van der Waals surface area contributed by atoms with E-state index in [2.05, 4.69) is 112 Å². The molecule has 0 aliphatic carbocycles. The summed E-state index contributed by atoms with van der Waals surface area (Å²) in [6.07, 6.45) is 3.96. The van der Waals surface area contributed by atoms with Gasteiger partial charge in [0.2, 0.25) is 11.4 Å². The van der Waals surface area contributed by atoms with E-state index < -0.39 is 11.4 Å². The summed E-state index contributed by atoms with van der Waals surface area (Å²) in [7, 11) is 4.17. The summed E-state index contributed by atoms with van der Waals surface area (Å²) in [6.45, 7) is 8.91. The Bertz CT molecular complexity index is 1690. The number of rotatable bonds is 0. The highest BCUT2D eigenvalue weighted by Crippen LogP contribution is 2.57. The number of benzene rings is 4. The molecule has 0 N–H and O–H groups in total. The Kier molecular flexibility index (Phi) is 4.27. The molecule has 8 rings (SSSR count). The second-order valence-corrected chi connectivity index (χ2v) is 12.4. The number of para-hydroxylation sites is 2. The number of hydrogen-bond donors (Lipinski definition) is 0. The Balaban J connectivity index is 1.22. The van der Waals surface area contributed by atoms with Gasteiger partial charge in [-0.25, -0.2) is 0 Å². The Morgan fingerprint density at radius 1 is 0.550 bits per heavy atom. The molecule has 200 valence electrons. The number of fused-ring (bicyclic) bond motifs is 7. The summed E-state index contributed by atoms with van der Waals surface area (Å²) >= 11 is 0. The monoisotopic (exact) mass is 528 g/mol. The summed E-state index contributed by atoms with van der Waals surface area (Å²) in [6, 6.07) is 25.3. The van der Waals surface area contributed by atoms with Gasteiger partial charge in [0, 0.05) is 36.2 Å². The number of hydrogen-bond acceptors (Lipinski definition) is 6. The third-order valence-electron chi connectivity index (χ3n) is 10.0. The maximum absolute atomic E-state index is 6.90. The number of anilines is 2. The summed E-state index contributed by atoms with van der Waals surface area (Å²) in [5.74, 6) is 1.54. The highest BCUT2D eigenvalue weighted by molar-refractivity contribution is 6.07. The lowest BCUT2D eigenvalue weighted by atomic mass is 9.77. The molecule has 0 amide bonds. The molecule has 0 bridgehead atoms. The van der Waals surface area contributed by atoms with Crippen molar-refractivity contribution in [3.63, 3.8) is 0 Å². The van der Waals surface area contributed by atoms with Gasteiger partial charge in [-0.2, -0.15) is 0 Å². The molecule has 6 nitrogen and oxygen atoms in total. The Labute approximate surface area is 234 Å². The normalized spacial score (nSPS) is 25.9. The lowest BCUT2D eigenvalue weighted by Gasteiger charge is -2.45. The summed E-state index contributed by atoms with van der Waals surface area (Å²) in [4.78, 5) is 14.6. The van der Waals surface area contributed by atoms with Crippen LogP contribution in [0, 0.1) is 0 Å². The lowest BCUT2D eigenvalue weighted by molar-refractivity contribution is 0.0822. The van der Waals surface area contributed by atoms with Crippen LogP contribution < -0.4 is 19.3 Å². The first-order valence-corrected chi connectivity index (χ1v) is 13.9. The van der Waals surface area contributed by atoms with E-state index in [1.807, 2.05) is 24.6 Å². The smallest absolute Gasteiger partial charge is 0.228 e. The average molecular weight is 529 g/mol. The molecular weight excluding hydrogens is 496 g/mol. The molecule has 4 heterocycles. The van der Waals surface area contributed by atoms with Crippen LogP contribution in [0.5, 0.6) is 11.5 Å². The van der Waals surface area contributed by atoms with Crippen molar-refractivity contribution in [2.45, 2.75) is 50.0 Å². The molecule has 4 aliphatic rings. The van der Waals surface area contributed by atoms with E-state index >= 15 is 0 Å². The minimum atomic E-state index is -0.715. The molecule has 2 atom stereocenters. The first-order valence-electron chi connectivity index (χ1n) is 13.9. The molecule has 4 aromatic carbocycles. The van der Waals surface area contributed by atoms with Crippen molar-refractivity contribution in [1.29, 1.82) is 0 Å². The van der Waals surface area contributed by atoms with Crippen molar-refractivity contribution in [2.24, 2.45) is 9.98 Å². The van der Waals surface area contributed by atoms with E-state index in [1.165, 1.54) is 22.5 Å². The molecule has 2 unspecified atom stereocenters. The fourth-order valence-electron chi connectivity index (χ4n) is 7.52. The van der Waals surface area contributed by atoms with E-state index in [0.717, 1.165) is 33.6 Å². The van der Waals surface area contributed by atoms with Crippen LogP contribution in [0.2, 0.25) is 0 Å². The quantitative estimate of drug-likeness (QED) is 0.241. The summed E-state index contributed by atoms with van der Waals surface area (Å²) in [5.41, 5.74) is 4.47. The average Bonchev–Trinajstić information content (AvgIpc) is 3.23. The van der Waals surface area contributed by atoms with Gasteiger partial charge in [-0.05, 0) is 75.2 Å². The summed E-state index contributed by atoms with van der Waals surface area (Å²) in [5, 5.41) is 2.00. The molecule has 2 spiro atoms. The van der Waals surface area contributed by atoms with Crippen LogP contribution in [-0.2, 0) is 10.8 Å². The van der Waals surface area contributed by atoms with E-state index in [1.54, 1.807) is 0 Å². The maximum Gasteiger partial charge on any atom is 0.228 e. The third kappa shape index (κ3) is 2.51. The first kappa shape index (κ1) is 23.6. The van der Waals surface area contributed by atoms with Gasteiger partial charge in [-0.15, -0.1) is 0 Å². The van der Waals surface area contributed by atoms with Crippen molar-refractivity contribution >= 4 is 46.0 Å². The van der Waals surface area contributed by atoms with Gasteiger partial charge < -0.3 is 19.3 Å². The zero-order valence-corrected chi connectivity index (χ0v) is 23.7. The predicted octanol–water partition coefficient (Wildman–Crippen LogP) is 7.28. The van der Waals surface area contributed by atoms with Gasteiger partial charge in [0.05, 0.1) is 23.3 Å². The molecule has 0 saturated heterocycles. The van der Waals surface area contributed by atoms with Gasteiger partial charge in [0.15, 0.2) is 0 Å². The van der Waals surface area contributed by atoms with E-state index in [0.29, 0.717) is 0 Å². The molecule has 0 saturated carbocycles. The zero-order valence-electron chi connectivity index (χ0n) is 23.7. The highest BCUT2D eigenvalue weighted by atomic mass is 16.5. The molecule has 0 radical (unpaired) electrons. The Morgan fingerprint density at radius 2 is 0.950 bits per heavy atom. The van der Waals surface area contributed by atoms with Crippen molar-refractivity contribution in [1.82, 2.24) is 0 Å². The SMILES string of the molecule is CN1c2ccccc2C(C)(C)C12C=Nc1c(ccc3c4c(ccc13)OC1(C=N4)N(C)c3ccccc3C1(C)C)O2. The van der Waals surface area contributed by atoms with Crippen LogP contribution >= 0.6 is 0 Å². The molecule has 4 aromatic rings. The molecule has 4 aliphatic heterocycles. The largest absolute Gasteiger partial charge is 0.459 e. The van der Waals surface area contributed by atoms with Gasteiger partial charge in [0.25, 0.3) is 0 Å². The van der Waals surface area contributed by atoms with Gasteiger partial charge in [-0.1, -0.05) is 36.4 Å². The third-order valence-corrected chi connectivity index (χ3v) is 10.0. The minimum Gasteiger partial charge on any atom is -0.459 e. The fourth-order valence-corrected chi connectivity index (χ4v) is 7.52. The van der Waals surface area contributed by atoms with Crippen molar-refractivity contribution < 1.29 is 9.47 Å². The van der Waals surface area contributed by atoms with Crippen LogP contribution in [0.25, 0.3) is 10.8 Å². The topological polar surface area (TPSA) is 49.7 Å². The van der Waals surface area contributed by atoms with Crippen LogP contribution in [0.4, 0.5) is 22.7 Å². The lowest BCUT2D eigenvalue weighted by Crippen LogP contribution is -2.61. The van der Waals surface area contributed by atoms with Crippen LogP contribution in [0.1, 0.15) is 38.8 Å². The molecule has 6 heteroatoms. The maximum atomic E-state index is 6.90. The minimum absolute atomic E-state index is 0.297. The van der Waals surface area contributed by atoms with E-state index in [-0.39, 0.29) is 10.8 Å². The highest BCUT2D eigenvalue weighted by Gasteiger charge is 2.60. The van der Waals surface area contributed by atoms with Crippen molar-refractivity contribution in [3.8, 4) is 11.5 Å². The van der Waals surface area contributed by atoms with E-state index in [9.17, 15) is 0 Å². The van der Waals surface area contributed by atoms with Gasteiger partial charge in [0.1, 0.15) is 22.9 Å². The molecule has 0 aromatic heterocycles. The van der Waals surface area contributed by atoms with Crippen LogP contribution in [0.15, 0.2) is 82.8 Å². The number of ether oxygens (including phenoxy) is 2. The fraction of sp³-hybridized carbons (Fsp3) is 0.294. The second kappa shape index (κ2) is 7.25. The number of likely N-dealkylation sites (N-methyl/N-ethyl adjacent to an activating group) is 2.